The maximum Gasteiger partial charge on any atom is 2.00 e. The molecule has 6 heteroatoms. The summed E-state index contributed by atoms with van der Waals surface area (Å²) in [6, 6.07) is 0. The number of hydrogen-bond donors (Lipinski definition) is 0. The molecule has 0 rings (SSSR count). The van der Waals surface area contributed by atoms with Crippen molar-refractivity contribution in [2.24, 2.45) is 0 Å². The van der Waals surface area contributed by atoms with Gasteiger partial charge in [0.05, 0.1) is 13.2 Å². The molecule has 0 amide bonds. The average Bonchev–Trinajstić information content (AvgIpc) is 2.70. The summed E-state index contributed by atoms with van der Waals surface area (Å²) in [6.45, 7) is 5.00. The average molecular weight is 486 g/mol. The Morgan fingerprint density at radius 2 is 0.733 bits per heavy atom. The third-order valence-corrected chi connectivity index (χ3v) is 6.49. The molecule has 0 heterocycles. The van der Waals surface area contributed by atoms with Crippen molar-refractivity contribution in [1.82, 2.24) is 0 Å². The number of phosphoric acid groups is 1. The first-order valence-corrected chi connectivity index (χ1v) is 14.2. The molecule has 0 bridgehead atoms. The predicted octanol–water partition coefficient (Wildman–Crippen LogP) is 8.33. The molecular formula is C24H50CrO4P+. The van der Waals surface area contributed by atoms with Gasteiger partial charge in [0.25, 0.3) is 7.82 Å². The molecular weight excluding hydrogens is 435 g/mol. The SMILES string of the molecule is CCCCCCCCCCCCOP(=O)([O-])OCCCCCCCCCCCC.[Cr+2]. The van der Waals surface area contributed by atoms with Crippen LogP contribution in [-0.4, -0.2) is 13.2 Å². The van der Waals surface area contributed by atoms with E-state index in [2.05, 4.69) is 13.8 Å². The van der Waals surface area contributed by atoms with E-state index in [-0.39, 0.29) is 30.6 Å². The molecule has 0 saturated carbocycles. The van der Waals surface area contributed by atoms with Crippen LogP contribution in [0.3, 0.4) is 0 Å². The van der Waals surface area contributed by atoms with Crippen LogP contribution >= 0.6 is 7.82 Å². The molecule has 0 fully saturated rings. The minimum absolute atomic E-state index is 0. The first-order valence-electron chi connectivity index (χ1n) is 12.7. The van der Waals surface area contributed by atoms with Gasteiger partial charge in [-0.05, 0) is 12.8 Å². The summed E-state index contributed by atoms with van der Waals surface area (Å²) in [5, 5.41) is 0. The van der Waals surface area contributed by atoms with Crippen LogP contribution in [0, 0.1) is 0 Å². The van der Waals surface area contributed by atoms with Crippen molar-refractivity contribution in [3.63, 3.8) is 0 Å². The van der Waals surface area contributed by atoms with Gasteiger partial charge in [-0.1, -0.05) is 129 Å². The van der Waals surface area contributed by atoms with Gasteiger partial charge in [0.1, 0.15) is 0 Å². The molecule has 180 valence electrons. The van der Waals surface area contributed by atoms with Gasteiger partial charge in [-0.3, -0.25) is 4.57 Å². The van der Waals surface area contributed by atoms with Gasteiger partial charge in [-0.25, -0.2) is 0 Å². The third-order valence-electron chi connectivity index (χ3n) is 5.49. The molecule has 0 saturated heterocycles. The van der Waals surface area contributed by atoms with Crippen molar-refractivity contribution in [1.29, 1.82) is 0 Å². The predicted molar refractivity (Wildman–Crippen MR) is 123 cm³/mol. The van der Waals surface area contributed by atoms with Crippen LogP contribution in [0.1, 0.15) is 142 Å². The van der Waals surface area contributed by atoms with Crippen molar-refractivity contribution in [3.8, 4) is 0 Å². The van der Waals surface area contributed by atoms with Gasteiger partial charge >= 0.3 is 17.4 Å². The fourth-order valence-corrected chi connectivity index (χ4v) is 4.35. The van der Waals surface area contributed by atoms with Crippen molar-refractivity contribution in [3.05, 3.63) is 0 Å². The maximum atomic E-state index is 11.7. The summed E-state index contributed by atoms with van der Waals surface area (Å²) >= 11 is 0. The molecule has 0 aliphatic rings. The van der Waals surface area contributed by atoms with Crippen LogP contribution in [-0.2, 0) is 31.0 Å². The molecule has 4 nitrogen and oxygen atoms in total. The van der Waals surface area contributed by atoms with Crippen LogP contribution < -0.4 is 4.89 Å². The number of hydrogen-bond acceptors (Lipinski definition) is 4. The van der Waals surface area contributed by atoms with Crippen molar-refractivity contribution >= 4 is 7.82 Å². The van der Waals surface area contributed by atoms with Gasteiger partial charge in [0.15, 0.2) is 0 Å². The molecule has 30 heavy (non-hydrogen) atoms. The van der Waals surface area contributed by atoms with Gasteiger partial charge in [-0.2, -0.15) is 0 Å². The summed E-state index contributed by atoms with van der Waals surface area (Å²) in [5.41, 5.74) is 0. The zero-order chi connectivity index (χ0) is 21.5. The van der Waals surface area contributed by atoms with Crippen molar-refractivity contribution < 1.29 is 35.9 Å². The number of phosphoric ester groups is 1. The quantitative estimate of drug-likeness (QED) is 0.102. The fraction of sp³-hybridized carbons (Fsp3) is 1.00. The standard InChI is InChI=1S/C24H51O4P.Cr/c1-3-5-7-9-11-13-15-17-19-21-23-27-29(25,26)28-24-22-20-18-16-14-12-10-8-6-4-2;/h3-24H2,1-2H3,(H,25,26);/q;+2/p-1. The van der Waals surface area contributed by atoms with E-state index in [1.165, 1.54) is 103 Å². The zero-order valence-corrected chi connectivity index (χ0v) is 22.2. The third kappa shape index (κ3) is 26.7. The van der Waals surface area contributed by atoms with Crippen molar-refractivity contribution in [2.45, 2.75) is 142 Å². The zero-order valence-electron chi connectivity index (χ0n) is 20.0. The fourth-order valence-electron chi connectivity index (χ4n) is 3.57. The molecule has 0 aromatic heterocycles. The smallest absolute Gasteiger partial charge is 0.756 e. The molecule has 0 N–H and O–H groups in total. The summed E-state index contributed by atoms with van der Waals surface area (Å²) in [7, 11) is -4.10. The van der Waals surface area contributed by atoms with E-state index in [9.17, 15) is 9.46 Å². The Hall–Kier alpha value is 0.642. The van der Waals surface area contributed by atoms with Crippen LogP contribution in [0.25, 0.3) is 0 Å². The Labute approximate surface area is 199 Å². The molecule has 0 aliphatic carbocycles. The number of rotatable bonds is 24. The number of unbranched alkanes of at least 4 members (excludes halogenated alkanes) is 18. The Balaban J connectivity index is 0. The van der Waals surface area contributed by atoms with Crippen LogP contribution in [0.4, 0.5) is 0 Å². The van der Waals surface area contributed by atoms with E-state index in [0.717, 1.165) is 25.7 Å². The van der Waals surface area contributed by atoms with Gasteiger partial charge < -0.3 is 13.9 Å². The molecule has 0 unspecified atom stereocenters. The van der Waals surface area contributed by atoms with E-state index in [4.69, 9.17) is 9.05 Å². The van der Waals surface area contributed by atoms with Gasteiger partial charge in [0, 0.05) is 0 Å². The minimum atomic E-state index is -4.10. The van der Waals surface area contributed by atoms with E-state index in [1.807, 2.05) is 0 Å². The summed E-state index contributed by atoms with van der Waals surface area (Å²) in [4.78, 5) is 11.7. The first-order chi connectivity index (χ1) is 14.1. The van der Waals surface area contributed by atoms with E-state index in [0.29, 0.717) is 0 Å². The monoisotopic (exact) mass is 485 g/mol. The van der Waals surface area contributed by atoms with E-state index < -0.39 is 7.82 Å². The summed E-state index contributed by atoms with van der Waals surface area (Å²) < 4.78 is 21.7. The van der Waals surface area contributed by atoms with E-state index >= 15 is 0 Å². The Kier molecular flexibility index (Phi) is 28.3. The van der Waals surface area contributed by atoms with Gasteiger partial charge in [0.2, 0.25) is 0 Å². The largest absolute Gasteiger partial charge is 2.00 e. The first kappa shape index (κ1) is 32.8. The minimum Gasteiger partial charge on any atom is -0.756 e. The second-order valence-corrected chi connectivity index (χ2v) is 9.89. The molecule has 0 aromatic rings. The van der Waals surface area contributed by atoms with Crippen molar-refractivity contribution in [2.75, 3.05) is 13.2 Å². The molecule has 0 aliphatic heterocycles. The van der Waals surface area contributed by atoms with Crippen LogP contribution in [0.5, 0.6) is 0 Å². The summed E-state index contributed by atoms with van der Waals surface area (Å²) in [6.07, 6.45) is 24.5. The van der Waals surface area contributed by atoms with Gasteiger partial charge in [-0.15, -0.1) is 0 Å². The molecule has 0 atom stereocenters. The van der Waals surface area contributed by atoms with E-state index in [1.54, 1.807) is 0 Å². The second-order valence-electron chi connectivity index (χ2n) is 8.48. The normalized spacial score (nSPS) is 11.6. The molecule has 0 spiro atoms. The Morgan fingerprint density at radius 3 is 1.00 bits per heavy atom. The molecule has 0 aromatic carbocycles. The van der Waals surface area contributed by atoms with Crippen LogP contribution in [0.15, 0.2) is 0 Å². The Morgan fingerprint density at radius 1 is 0.500 bits per heavy atom. The topological polar surface area (TPSA) is 58.6 Å². The maximum absolute atomic E-state index is 11.7. The molecule has 0 radical (unpaired) electrons. The summed E-state index contributed by atoms with van der Waals surface area (Å²) in [5.74, 6) is 0. The second kappa shape index (κ2) is 25.9. The van der Waals surface area contributed by atoms with Crippen LogP contribution in [0.2, 0.25) is 0 Å². The Bertz CT molecular complexity index is 339.